The van der Waals surface area contributed by atoms with Crippen LogP contribution in [0.2, 0.25) is 0 Å². The zero-order chi connectivity index (χ0) is 21.0. The molecule has 0 aliphatic rings. The number of hydrogen-bond donors (Lipinski definition) is 1. The largest absolute Gasteiger partial charge is 0.497 e. The number of nitrogens with one attached hydrogen (secondary N) is 1. The summed E-state index contributed by atoms with van der Waals surface area (Å²) in [6.07, 6.45) is 1.68. The van der Waals surface area contributed by atoms with Gasteiger partial charge in [0.25, 0.3) is 0 Å². The third-order valence-electron chi connectivity index (χ3n) is 4.44. The smallest absolute Gasteiger partial charge is 0.238 e. The highest BCUT2D eigenvalue weighted by molar-refractivity contribution is 8.00. The van der Waals surface area contributed by atoms with E-state index >= 15 is 0 Å². The van der Waals surface area contributed by atoms with Crippen molar-refractivity contribution < 1.29 is 9.53 Å². The first-order chi connectivity index (χ1) is 13.9. The molecule has 3 aromatic rings. The monoisotopic (exact) mass is 414 g/mol. The van der Waals surface area contributed by atoms with Gasteiger partial charge in [-0.2, -0.15) is 5.10 Å². The van der Waals surface area contributed by atoms with Crippen LogP contribution in [-0.2, 0) is 11.3 Å². The number of aromatic nitrogens is 5. The summed E-state index contributed by atoms with van der Waals surface area (Å²) in [7, 11) is 1.64. The molecule has 1 amide bonds. The summed E-state index contributed by atoms with van der Waals surface area (Å²) in [6, 6.07) is 9.65. The lowest BCUT2D eigenvalue weighted by Crippen LogP contribution is -2.25. The highest BCUT2D eigenvalue weighted by atomic mass is 32.2. The first-order valence-electron chi connectivity index (χ1n) is 9.53. The molecule has 0 unspecified atom stereocenters. The number of amides is 1. The average molecular weight is 415 g/mol. The van der Waals surface area contributed by atoms with Crippen molar-refractivity contribution >= 4 is 23.5 Å². The van der Waals surface area contributed by atoms with Gasteiger partial charge < -0.3 is 14.6 Å². The molecule has 9 heteroatoms. The van der Waals surface area contributed by atoms with Crippen LogP contribution < -0.4 is 10.1 Å². The Bertz CT molecular complexity index is 964. The van der Waals surface area contributed by atoms with Gasteiger partial charge in [0.1, 0.15) is 11.6 Å². The number of rotatable bonds is 8. The van der Waals surface area contributed by atoms with Crippen molar-refractivity contribution in [3.05, 3.63) is 36.5 Å². The molecule has 0 aliphatic heterocycles. The molecular weight excluding hydrogens is 388 g/mol. The first-order valence-corrected chi connectivity index (χ1v) is 10.4. The molecule has 0 spiro atoms. The second kappa shape index (κ2) is 9.13. The van der Waals surface area contributed by atoms with Gasteiger partial charge in [-0.15, -0.1) is 10.2 Å². The normalized spacial score (nSPS) is 12.2. The zero-order valence-corrected chi connectivity index (χ0v) is 18.1. The van der Waals surface area contributed by atoms with Crippen LogP contribution in [-0.4, -0.2) is 42.8 Å². The van der Waals surface area contributed by atoms with E-state index in [1.54, 1.807) is 24.1 Å². The molecule has 2 heterocycles. The van der Waals surface area contributed by atoms with E-state index in [-0.39, 0.29) is 17.2 Å². The minimum absolute atomic E-state index is 0.103. The van der Waals surface area contributed by atoms with Crippen LogP contribution >= 0.6 is 11.8 Å². The molecule has 1 aromatic carbocycles. The summed E-state index contributed by atoms with van der Waals surface area (Å²) < 4.78 is 9.01. The van der Waals surface area contributed by atoms with E-state index in [1.165, 1.54) is 11.8 Å². The van der Waals surface area contributed by atoms with E-state index in [4.69, 9.17) is 4.74 Å². The maximum atomic E-state index is 12.7. The van der Waals surface area contributed by atoms with Gasteiger partial charge in [0, 0.05) is 24.2 Å². The number of nitrogens with zero attached hydrogens (tertiary/aromatic N) is 5. The highest BCUT2D eigenvalue weighted by Gasteiger charge is 2.21. The predicted octanol–water partition coefficient (Wildman–Crippen LogP) is 3.87. The van der Waals surface area contributed by atoms with Crippen molar-refractivity contribution in [3.63, 3.8) is 0 Å². The molecule has 0 fully saturated rings. The maximum Gasteiger partial charge on any atom is 0.238 e. The number of thioether (sulfide) groups is 1. The fourth-order valence-electron chi connectivity index (χ4n) is 2.88. The summed E-state index contributed by atoms with van der Waals surface area (Å²) in [5.74, 6) is 2.14. The van der Waals surface area contributed by atoms with Crippen LogP contribution in [0.5, 0.6) is 5.75 Å². The van der Waals surface area contributed by atoms with Gasteiger partial charge in [-0.1, -0.05) is 11.8 Å². The lowest BCUT2D eigenvalue weighted by Gasteiger charge is -2.15. The standard InChI is InChI=1S/C20H26N6O2S/c1-6-25-18(15-7-9-16(28-5)10-8-15)23-24-20(25)29-14(4)19(27)22-17-11-12-21-26(17)13(2)3/h7-14H,6H2,1-5H3,(H,22,27)/t14-/m1/s1. The SMILES string of the molecule is CCn1c(S[C@H](C)C(=O)Nc2ccnn2C(C)C)nnc1-c1ccc(OC)cc1. The molecule has 0 saturated heterocycles. The molecule has 3 rings (SSSR count). The van der Waals surface area contributed by atoms with E-state index in [0.717, 1.165) is 17.1 Å². The van der Waals surface area contributed by atoms with Crippen molar-refractivity contribution in [3.8, 4) is 17.1 Å². The Morgan fingerprint density at radius 3 is 2.52 bits per heavy atom. The summed E-state index contributed by atoms with van der Waals surface area (Å²) in [4.78, 5) is 12.7. The first kappa shape index (κ1) is 20.9. The van der Waals surface area contributed by atoms with Crippen molar-refractivity contribution in [2.24, 2.45) is 0 Å². The average Bonchev–Trinajstić information content (AvgIpc) is 3.34. The molecule has 1 atom stereocenters. The van der Waals surface area contributed by atoms with E-state index in [9.17, 15) is 4.79 Å². The topological polar surface area (TPSA) is 86.9 Å². The molecule has 1 N–H and O–H groups in total. The number of anilines is 1. The third-order valence-corrected chi connectivity index (χ3v) is 5.52. The molecule has 29 heavy (non-hydrogen) atoms. The number of benzene rings is 1. The Hall–Kier alpha value is -2.81. The number of ether oxygens (including phenoxy) is 1. The van der Waals surface area contributed by atoms with Gasteiger partial charge in [0.2, 0.25) is 5.91 Å². The Balaban J connectivity index is 1.74. The molecule has 0 aliphatic carbocycles. The zero-order valence-electron chi connectivity index (χ0n) is 17.3. The Labute approximate surface area is 174 Å². The molecule has 154 valence electrons. The number of carbonyl (C=O) groups excluding carboxylic acids is 1. The molecule has 8 nitrogen and oxygen atoms in total. The van der Waals surface area contributed by atoms with Crippen LogP contribution in [0.3, 0.4) is 0 Å². The van der Waals surface area contributed by atoms with Crippen LogP contribution in [0, 0.1) is 0 Å². The fraction of sp³-hybridized carbons (Fsp3) is 0.400. The molecular formula is C20H26N6O2S. The van der Waals surface area contributed by atoms with Crippen LogP contribution in [0.1, 0.15) is 33.7 Å². The van der Waals surface area contributed by atoms with Gasteiger partial charge in [0.05, 0.1) is 18.6 Å². The van der Waals surface area contributed by atoms with Gasteiger partial charge in [-0.05, 0) is 52.0 Å². The number of hydrogen-bond acceptors (Lipinski definition) is 6. The van der Waals surface area contributed by atoms with E-state index < -0.39 is 0 Å². The minimum Gasteiger partial charge on any atom is -0.497 e. The highest BCUT2D eigenvalue weighted by Crippen LogP contribution is 2.28. The van der Waals surface area contributed by atoms with Gasteiger partial charge in [-0.25, -0.2) is 4.68 Å². The number of methoxy groups -OCH3 is 1. The van der Waals surface area contributed by atoms with E-state index in [1.807, 2.05) is 56.5 Å². The van der Waals surface area contributed by atoms with E-state index in [2.05, 4.69) is 20.6 Å². The summed E-state index contributed by atoms with van der Waals surface area (Å²) in [5.41, 5.74) is 0.949. The summed E-state index contributed by atoms with van der Waals surface area (Å²) >= 11 is 1.39. The second-order valence-electron chi connectivity index (χ2n) is 6.78. The Morgan fingerprint density at radius 1 is 1.17 bits per heavy atom. The van der Waals surface area contributed by atoms with Crippen molar-refractivity contribution in [1.82, 2.24) is 24.5 Å². The summed E-state index contributed by atoms with van der Waals surface area (Å²) in [6.45, 7) is 8.63. The predicted molar refractivity (Wildman–Crippen MR) is 114 cm³/mol. The molecule has 0 radical (unpaired) electrons. The molecule has 2 aromatic heterocycles. The van der Waals surface area contributed by atoms with Crippen LogP contribution in [0.15, 0.2) is 41.7 Å². The number of carbonyl (C=O) groups is 1. The fourth-order valence-corrected chi connectivity index (χ4v) is 3.79. The molecule has 0 bridgehead atoms. The second-order valence-corrected chi connectivity index (χ2v) is 8.09. The van der Waals surface area contributed by atoms with Gasteiger partial charge in [0.15, 0.2) is 11.0 Å². The lowest BCUT2D eigenvalue weighted by molar-refractivity contribution is -0.115. The van der Waals surface area contributed by atoms with Crippen LogP contribution in [0.25, 0.3) is 11.4 Å². The molecule has 0 saturated carbocycles. The van der Waals surface area contributed by atoms with Crippen LogP contribution in [0.4, 0.5) is 5.82 Å². The quantitative estimate of drug-likeness (QED) is 0.563. The van der Waals surface area contributed by atoms with Gasteiger partial charge >= 0.3 is 0 Å². The summed E-state index contributed by atoms with van der Waals surface area (Å²) in [5, 5.41) is 16.2. The third kappa shape index (κ3) is 4.61. The van der Waals surface area contributed by atoms with E-state index in [0.29, 0.717) is 17.5 Å². The minimum atomic E-state index is -0.344. The Morgan fingerprint density at radius 2 is 1.90 bits per heavy atom. The van der Waals surface area contributed by atoms with Gasteiger partial charge in [-0.3, -0.25) is 4.79 Å². The Kier molecular flexibility index (Phi) is 6.58. The maximum absolute atomic E-state index is 12.7. The van der Waals surface area contributed by atoms with Crippen molar-refractivity contribution in [2.45, 2.75) is 50.7 Å². The lowest BCUT2D eigenvalue weighted by atomic mass is 10.2. The van der Waals surface area contributed by atoms with Crippen molar-refractivity contribution in [2.75, 3.05) is 12.4 Å². The van der Waals surface area contributed by atoms with Crippen molar-refractivity contribution in [1.29, 1.82) is 0 Å².